The summed E-state index contributed by atoms with van der Waals surface area (Å²) in [5, 5.41) is 2.16. The standard InChI is InChI=1S/C16H16O3/c1-11-7-8-12-5-4-6-13(14(12)9-11)15(18-2)10-16(17)19-3/h4-10H,1-3H3. The van der Waals surface area contributed by atoms with Gasteiger partial charge in [0.2, 0.25) is 0 Å². The van der Waals surface area contributed by atoms with Gasteiger partial charge in [0.15, 0.2) is 0 Å². The van der Waals surface area contributed by atoms with Crippen molar-refractivity contribution in [3.8, 4) is 0 Å². The number of carbonyl (C=O) groups excluding carboxylic acids is 1. The van der Waals surface area contributed by atoms with E-state index < -0.39 is 5.97 Å². The third-order valence-electron chi connectivity index (χ3n) is 2.97. The van der Waals surface area contributed by atoms with Gasteiger partial charge >= 0.3 is 5.97 Å². The van der Waals surface area contributed by atoms with Gasteiger partial charge in [-0.1, -0.05) is 42.0 Å². The molecule has 2 aromatic rings. The predicted molar refractivity (Wildman–Crippen MR) is 75.7 cm³/mol. The van der Waals surface area contributed by atoms with E-state index in [9.17, 15) is 4.79 Å². The van der Waals surface area contributed by atoms with Crippen molar-refractivity contribution in [2.45, 2.75) is 6.92 Å². The summed E-state index contributed by atoms with van der Waals surface area (Å²) in [6.45, 7) is 2.03. The molecular weight excluding hydrogens is 240 g/mol. The van der Waals surface area contributed by atoms with Crippen molar-refractivity contribution in [2.75, 3.05) is 14.2 Å². The normalized spacial score (nSPS) is 11.4. The van der Waals surface area contributed by atoms with E-state index in [2.05, 4.69) is 22.9 Å². The molecule has 3 heteroatoms. The Morgan fingerprint density at radius 3 is 2.58 bits per heavy atom. The number of ether oxygens (including phenoxy) is 2. The lowest BCUT2D eigenvalue weighted by Crippen LogP contribution is -1.99. The molecule has 98 valence electrons. The topological polar surface area (TPSA) is 35.5 Å². The number of hydrogen-bond acceptors (Lipinski definition) is 3. The first-order chi connectivity index (χ1) is 9.15. The molecule has 0 heterocycles. The van der Waals surface area contributed by atoms with Crippen LogP contribution in [0.1, 0.15) is 11.1 Å². The van der Waals surface area contributed by atoms with Crippen LogP contribution >= 0.6 is 0 Å². The van der Waals surface area contributed by atoms with Crippen LogP contribution in [0.2, 0.25) is 0 Å². The monoisotopic (exact) mass is 256 g/mol. The van der Waals surface area contributed by atoms with E-state index in [1.54, 1.807) is 7.11 Å². The molecule has 0 aliphatic rings. The molecule has 0 aliphatic heterocycles. The Kier molecular flexibility index (Phi) is 3.85. The van der Waals surface area contributed by atoms with Gasteiger partial charge in [-0.2, -0.15) is 0 Å². The number of benzene rings is 2. The third kappa shape index (κ3) is 2.76. The van der Waals surface area contributed by atoms with Crippen LogP contribution in [-0.4, -0.2) is 20.2 Å². The van der Waals surface area contributed by atoms with Gasteiger partial charge in [0.25, 0.3) is 0 Å². The maximum absolute atomic E-state index is 11.4. The number of aryl methyl sites for hydroxylation is 1. The van der Waals surface area contributed by atoms with Gasteiger partial charge in [-0.3, -0.25) is 0 Å². The molecule has 0 N–H and O–H groups in total. The fourth-order valence-electron chi connectivity index (χ4n) is 2.01. The lowest BCUT2D eigenvalue weighted by molar-refractivity contribution is -0.134. The second kappa shape index (κ2) is 5.57. The zero-order valence-electron chi connectivity index (χ0n) is 11.3. The molecule has 0 amide bonds. The summed E-state index contributed by atoms with van der Waals surface area (Å²) in [7, 11) is 2.89. The Morgan fingerprint density at radius 1 is 1.11 bits per heavy atom. The first kappa shape index (κ1) is 13.1. The predicted octanol–water partition coefficient (Wildman–Crippen LogP) is 3.31. The summed E-state index contributed by atoms with van der Waals surface area (Å²) in [6, 6.07) is 12.1. The van der Waals surface area contributed by atoms with Crippen LogP contribution in [0.5, 0.6) is 0 Å². The lowest BCUT2D eigenvalue weighted by atomic mass is 10.0. The fraction of sp³-hybridized carbons (Fsp3) is 0.188. The van der Waals surface area contributed by atoms with Gasteiger partial charge in [0, 0.05) is 5.56 Å². The molecule has 0 unspecified atom stereocenters. The Morgan fingerprint density at radius 2 is 1.89 bits per heavy atom. The number of methoxy groups -OCH3 is 2. The minimum absolute atomic E-state index is 0.429. The van der Waals surface area contributed by atoms with E-state index >= 15 is 0 Å². The zero-order chi connectivity index (χ0) is 13.8. The van der Waals surface area contributed by atoms with Crippen molar-refractivity contribution < 1.29 is 14.3 Å². The number of rotatable bonds is 3. The van der Waals surface area contributed by atoms with Crippen LogP contribution in [0, 0.1) is 6.92 Å². The average molecular weight is 256 g/mol. The summed E-state index contributed by atoms with van der Waals surface area (Å²) in [5.74, 6) is 0.0737. The number of hydrogen-bond donors (Lipinski definition) is 0. The molecule has 0 aromatic heterocycles. The minimum Gasteiger partial charge on any atom is -0.496 e. The van der Waals surface area contributed by atoms with E-state index in [0.29, 0.717) is 5.76 Å². The second-order valence-electron chi connectivity index (χ2n) is 4.27. The third-order valence-corrected chi connectivity index (χ3v) is 2.97. The molecule has 0 saturated heterocycles. The molecule has 0 spiro atoms. The number of esters is 1. The molecule has 0 fully saturated rings. The quantitative estimate of drug-likeness (QED) is 0.480. The number of carbonyl (C=O) groups is 1. The highest BCUT2D eigenvalue weighted by molar-refractivity contribution is 5.97. The lowest BCUT2D eigenvalue weighted by Gasteiger charge is -2.10. The van der Waals surface area contributed by atoms with Crippen LogP contribution in [0.15, 0.2) is 42.5 Å². The van der Waals surface area contributed by atoms with E-state index in [1.165, 1.54) is 13.2 Å². The Hall–Kier alpha value is -2.29. The first-order valence-electron chi connectivity index (χ1n) is 5.99. The van der Waals surface area contributed by atoms with Gasteiger partial charge in [-0.25, -0.2) is 4.79 Å². The molecule has 0 aliphatic carbocycles. The second-order valence-corrected chi connectivity index (χ2v) is 4.27. The van der Waals surface area contributed by atoms with Crippen LogP contribution in [0.25, 0.3) is 16.5 Å². The maximum atomic E-state index is 11.4. The van der Waals surface area contributed by atoms with Crippen molar-refractivity contribution in [2.24, 2.45) is 0 Å². The Labute approximate surface area is 112 Å². The molecular formula is C16H16O3. The van der Waals surface area contributed by atoms with Crippen LogP contribution < -0.4 is 0 Å². The van der Waals surface area contributed by atoms with Crippen LogP contribution in [-0.2, 0) is 14.3 Å². The maximum Gasteiger partial charge on any atom is 0.334 e. The first-order valence-corrected chi connectivity index (χ1v) is 5.99. The molecule has 3 nitrogen and oxygen atoms in total. The van der Waals surface area contributed by atoms with Crippen molar-refractivity contribution in [3.05, 3.63) is 53.6 Å². The van der Waals surface area contributed by atoms with Crippen LogP contribution in [0.4, 0.5) is 0 Å². The summed E-state index contributed by atoms with van der Waals surface area (Å²) in [4.78, 5) is 11.4. The zero-order valence-corrected chi connectivity index (χ0v) is 11.3. The van der Waals surface area contributed by atoms with Gasteiger partial charge < -0.3 is 9.47 Å². The molecule has 19 heavy (non-hydrogen) atoms. The molecule has 0 atom stereocenters. The van der Waals surface area contributed by atoms with Gasteiger partial charge in [-0.05, 0) is 17.7 Å². The highest BCUT2D eigenvalue weighted by Gasteiger charge is 2.09. The average Bonchev–Trinajstić information content (AvgIpc) is 2.44. The van der Waals surface area contributed by atoms with Gasteiger partial charge in [0.1, 0.15) is 5.76 Å². The largest absolute Gasteiger partial charge is 0.496 e. The Balaban J connectivity index is 2.63. The van der Waals surface area contributed by atoms with E-state index in [1.807, 2.05) is 25.1 Å². The summed E-state index contributed by atoms with van der Waals surface area (Å²) < 4.78 is 9.96. The fourth-order valence-corrected chi connectivity index (χ4v) is 2.01. The van der Waals surface area contributed by atoms with E-state index in [-0.39, 0.29) is 0 Å². The highest BCUT2D eigenvalue weighted by atomic mass is 16.5. The molecule has 2 aromatic carbocycles. The van der Waals surface area contributed by atoms with E-state index in [4.69, 9.17) is 4.74 Å². The van der Waals surface area contributed by atoms with Crippen molar-refractivity contribution >= 4 is 22.5 Å². The molecule has 0 bridgehead atoms. The molecule has 0 radical (unpaired) electrons. The minimum atomic E-state index is -0.429. The molecule has 2 rings (SSSR count). The SMILES string of the molecule is COC(=O)C=C(OC)c1cccc2ccc(C)cc12. The van der Waals surface area contributed by atoms with Gasteiger partial charge in [-0.15, -0.1) is 0 Å². The van der Waals surface area contributed by atoms with Crippen LogP contribution in [0.3, 0.4) is 0 Å². The highest BCUT2D eigenvalue weighted by Crippen LogP contribution is 2.26. The van der Waals surface area contributed by atoms with E-state index in [0.717, 1.165) is 21.9 Å². The van der Waals surface area contributed by atoms with Crippen molar-refractivity contribution in [3.63, 3.8) is 0 Å². The summed E-state index contributed by atoms with van der Waals surface area (Å²) in [5.41, 5.74) is 2.04. The number of fused-ring (bicyclic) bond motifs is 1. The van der Waals surface area contributed by atoms with Gasteiger partial charge in [0.05, 0.1) is 20.3 Å². The smallest absolute Gasteiger partial charge is 0.334 e. The Bertz CT molecular complexity index is 641. The van der Waals surface area contributed by atoms with Crippen molar-refractivity contribution in [1.29, 1.82) is 0 Å². The van der Waals surface area contributed by atoms with Crippen molar-refractivity contribution in [1.82, 2.24) is 0 Å². The molecule has 0 saturated carbocycles. The summed E-state index contributed by atoms with van der Waals surface area (Å²) >= 11 is 0. The summed E-state index contributed by atoms with van der Waals surface area (Å²) in [6.07, 6.45) is 1.36.